The molecular weight excluding hydrogens is 302 g/mol. The van der Waals surface area contributed by atoms with Crippen LogP contribution in [0.5, 0.6) is 0 Å². The maximum absolute atomic E-state index is 5.06. The van der Waals surface area contributed by atoms with Crippen molar-refractivity contribution in [2.45, 2.75) is 11.5 Å². The van der Waals surface area contributed by atoms with Gasteiger partial charge in [-0.15, -0.1) is 0 Å². The fraction of sp³-hybridized carbons (Fsp3) is 0.125. The highest BCUT2D eigenvalue weighted by Crippen LogP contribution is 2.69. The van der Waals surface area contributed by atoms with Crippen LogP contribution in [0.2, 0.25) is 0 Å². The molecule has 0 N–H and O–H groups in total. The molecule has 0 aromatic heterocycles. The number of aliphatic imine (C=N–C) groups is 1. The van der Waals surface area contributed by atoms with E-state index in [1.807, 2.05) is 0 Å². The van der Waals surface area contributed by atoms with Crippen LogP contribution in [0.4, 0.5) is 0 Å². The third-order valence-electron chi connectivity index (χ3n) is 5.51. The third kappa shape index (κ3) is 2.20. The molecule has 0 radical (unpaired) electrons. The van der Waals surface area contributed by atoms with Crippen molar-refractivity contribution in [3.8, 4) is 0 Å². The predicted molar refractivity (Wildman–Crippen MR) is 104 cm³/mol. The normalized spacial score (nSPS) is 26.2. The Bertz CT molecular complexity index is 956. The Hall–Kier alpha value is -2.93. The molecule has 1 saturated carbocycles. The Labute approximate surface area is 148 Å². The van der Waals surface area contributed by atoms with Gasteiger partial charge >= 0.3 is 0 Å². The maximum Gasteiger partial charge on any atom is 0.100 e. The Balaban J connectivity index is 1.59. The number of benzene rings is 3. The van der Waals surface area contributed by atoms with Crippen molar-refractivity contribution in [3.05, 3.63) is 113 Å². The molecule has 1 aliphatic carbocycles. The second kappa shape index (κ2) is 5.56. The average molecular weight is 321 g/mol. The SMILES string of the molecule is C1=N[C@]2(c3ccccc3)[C@@H](/C=C/c3ccccc3)[C@@H]2c2ccccc21. The van der Waals surface area contributed by atoms with Crippen LogP contribution in [0, 0.1) is 5.92 Å². The van der Waals surface area contributed by atoms with Crippen LogP contribution >= 0.6 is 0 Å². The van der Waals surface area contributed by atoms with Gasteiger partial charge < -0.3 is 0 Å². The minimum absolute atomic E-state index is 0.138. The molecule has 1 aliphatic heterocycles. The monoisotopic (exact) mass is 321 g/mol. The zero-order valence-electron chi connectivity index (χ0n) is 13.9. The first kappa shape index (κ1) is 14.4. The minimum Gasteiger partial charge on any atom is -0.280 e. The van der Waals surface area contributed by atoms with Crippen LogP contribution in [0.3, 0.4) is 0 Å². The summed E-state index contributed by atoms with van der Waals surface area (Å²) in [6.45, 7) is 0. The summed E-state index contributed by atoms with van der Waals surface area (Å²) in [4.78, 5) is 5.06. The van der Waals surface area contributed by atoms with Gasteiger partial charge in [0.05, 0.1) is 0 Å². The van der Waals surface area contributed by atoms with E-state index in [9.17, 15) is 0 Å². The fourth-order valence-corrected chi connectivity index (χ4v) is 4.27. The second-order valence-electron chi connectivity index (χ2n) is 6.85. The van der Waals surface area contributed by atoms with Gasteiger partial charge in [0.1, 0.15) is 5.54 Å². The summed E-state index contributed by atoms with van der Waals surface area (Å²) in [5, 5.41) is 0. The van der Waals surface area contributed by atoms with Gasteiger partial charge in [-0.2, -0.15) is 0 Å². The first-order valence-electron chi connectivity index (χ1n) is 8.82. The first-order chi connectivity index (χ1) is 12.4. The van der Waals surface area contributed by atoms with Gasteiger partial charge in [0, 0.05) is 18.1 Å². The molecular formula is C24H19N. The number of fused-ring (bicyclic) bond motifs is 3. The standard InChI is InChI=1S/C24H19N/c1-3-9-18(10-4-1)15-16-22-23-21-14-8-7-11-19(21)17-25-24(22,23)20-12-5-2-6-13-20/h1-17,22-23H/b16-15+/t22-,23-,24+/m0/s1. The molecule has 0 spiro atoms. The van der Waals surface area contributed by atoms with E-state index in [2.05, 4.69) is 103 Å². The third-order valence-corrected chi connectivity index (χ3v) is 5.51. The summed E-state index contributed by atoms with van der Waals surface area (Å²) in [7, 11) is 0. The Kier molecular flexibility index (Phi) is 3.21. The number of hydrogen-bond acceptors (Lipinski definition) is 1. The molecule has 0 amide bonds. The second-order valence-corrected chi connectivity index (χ2v) is 6.85. The lowest BCUT2D eigenvalue weighted by atomic mass is 9.94. The van der Waals surface area contributed by atoms with E-state index in [4.69, 9.17) is 4.99 Å². The van der Waals surface area contributed by atoms with Crippen LogP contribution in [0.1, 0.15) is 28.2 Å². The highest BCUT2D eigenvalue weighted by molar-refractivity contribution is 5.86. The van der Waals surface area contributed by atoms with E-state index < -0.39 is 0 Å². The van der Waals surface area contributed by atoms with E-state index in [0.29, 0.717) is 11.8 Å². The van der Waals surface area contributed by atoms with E-state index in [0.717, 1.165) is 0 Å². The number of nitrogens with zero attached hydrogens (tertiary/aromatic N) is 1. The molecule has 1 fully saturated rings. The molecule has 2 aliphatic rings. The molecule has 3 aromatic carbocycles. The van der Waals surface area contributed by atoms with Crippen molar-refractivity contribution >= 4 is 12.3 Å². The van der Waals surface area contributed by atoms with Gasteiger partial charge in [0.15, 0.2) is 0 Å². The average Bonchev–Trinajstić information content (AvgIpc) is 3.37. The molecule has 3 aromatic rings. The molecule has 0 saturated heterocycles. The van der Waals surface area contributed by atoms with Crippen LogP contribution in [0.25, 0.3) is 6.08 Å². The highest BCUT2D eigenvalue weighted by atomic mass is 15.0. The van der Waals surface area contributed by atoms with E-state index in [-0.39, 0.29) is 5.54 Å². The Morgan fingerprint density at radius 2 is 1.44 bits per heavy atom. The fourth-order valence-electron chi connectivity index (χ4n) is 4.27. The summed E-state index contributed by atoms with van der Waals surface area (Å²) in [6, 6.07) is 29.9. The summed E-state index contributed by atoms with van der Waals surface area (Å²) in [5.74, 6) is 0.825. The summed E-state index contributed by atoms with van der Waals surface area (Å²) >= 11 is 0. The zero-order chi connectivity index (χ0) is 16.7. The predicted octanol–water partition coefficient (Wildman–Crippen LogP) is 5.44. The van der Waals surface area contributed by atoms with Crippen molar-refractivity contribution in [2.75, 3.05) is 0 Å². The van der Waals surface area contributed by atoms with Crippen LogP contribution < -0.4 is 0 Å². The van der Waals surface area contributed by atoms with Gasteiger partial charge in [0.25, 0.3) is 0 Å². The van der Waals surface area contributed by atoms with Gasteiger partial charge in [-0.3, -0.25) is 4.99 Å². The van der Waals surface area contributed by atoms with Crippen LogP contribution in [-0.4, -0.2) is 6.21 Å². The van der Waals surface area contributed by atoms with Crippen LogP contribution in [0.15, 0.2) is 96.0 Å². The highest BCUT2D eigenvalue weighted by Gasteiger charge is 2.66. The quantitative estimate of drug-likeness (QED) is 0.609. The first-order valence-corrected chi connectivity index (χ1v) is 8.82. The molecule has 0 unspecified atom stereocenters. The van der Waals surface area contributed by atoms with Gasteiger partial charge in [0.2, 0.25) is 0 Å². The summed E-state index contributed by atoms with van der Waals surface area (Å²) in [6.07, 6.45) is 6.66. The minimum atomic E-state index is -0.138. The topological polar surface area (TPSA) is 12.4 Å². The van der Waals surface area contributed by atoms with Crippen molar-refractivity contribution in [1.29, 1.82) is 0 Å². The molecule has 1 nitrogen and oxygen atoms in total. The molecule has 120 valence electrons. The largest absolute Gasteiger partial charge is 0.280 e. The number of hydrogen-bond donors (Lipinski definition) is 0. The van der Waals surface area contributed by atoms with Gasteiger partial charge in [-0.1, -0.05) is 97.1 Å². The Morgan fingerprint density at radius 1 is 0.760 bits per heavy atom. The van der Waals surface area contributed by atoms with Gasteiger partial charge in [-0.05, 0) is 22.3 Å². The lowest BCUT2D eigenvalue weighted by Gasteiger charge is -2.18. The molecule has 3 atom stereocenters. The zero-order valence-corrected chi connectivity index (χ0v) is 13.9. The van der Waals surface area contributed by atoms with Crippen molar-refractivity contribution in [1.82, 2.24) is 0 Å². The van der Waals surface area contributed by atoms with Crippen LogP contribution in [-0.2, 0) is 5.54 Å². The molecule has 1 heterocycles. The summed E-state index contributed by atoms with van der Waals surface area (Å²) in [5.41, 5.74) is 5.10. The lowest BCUT2D eigenvalue weighted by Crippen LogP contribution is -2.13. The van der Waals surface area contributed by atoms with Crippen molar-refractivity contribution in [2.24, 2.45) is 10.9 Å². The number of rotatable bonds is 3. The molecule has 0 bridgehead atoms. The smallest absolute Gasteiger partial charge is 0.100 e. The Morgan fingerprint density at radius 3 is 2.24 bits per heavy atom. The van der Waals surface area contributed by atoms with Gasteiger partial charge in [-0.25, -0.2) is 0 Å². The molecule has 5 rings (SSSR count). The van der Waals surface area contributed by atoms with E-state index in [1.165, 1.54) is 22.3 Å². The van der Waals surface area contributed by atoms with E-state index >= 15 is 0 Å². The lowest BCUT2D eigenvalue weighted by molar-refractivity contribution is 0.679. The molecule has 1 heteroatoms. The summed E-state index contributed by atoms with van der Waals surface area (Å²) < 4.78 is 0. The molecule has 25 heavy (non-hydrogen) atoms. The maximum atomic E-state index is 5.06. The van der Waals surface area contributed by atoms with E-state index in [1.54, 1.807) is 0 Å². The van der Waals surface area contributed by atoms with Crippen molar-refractivity contribution in [3.63, 3.8) is 0 Å². The van der Waals surface area contributed by atoms with Crippen molar-refractivity contribution < 1.29 is 0 Å².